The van der Waals surface area contributed by atoms with Crippen LogP contribution in [0.3, 0.4) is 0 Å². The molecule has 7 heteroatoms. The molecule has 4 heterocycles. The van der Waals surface area contributed by atoms with E-state index in [2.05, 4.69) is 15.6 Å². The molecule has 3 fully saturated rings. The van der Waals surface area contributed by atoms with Crippen LogP contribution in [-0.4, -0.2) is 46.1 Å². The number of nitrogens with zero attached hydrogens (tertiary/aromatic N) is 3. The van der Waals surface area contributed by atoms with E-state index in [1.165, 1.54) is 4.90 Å². The van der Waals surface area contributed by atoms with Crippen molar-refractivity contribution in [3.8, 4) is 11.3 Å². The molecule has 0 saturated carbocycles. The number of hydrogen-bond acceptors (Lipinski definition) is 4. The average Bonchev–Trinajstić information content (AvgIpc) is 3.10. The third-order valence-electron chi connectivity index (χ3n) is 5.95. The average molecular weight is 369 g/mol. The number of hydrogen-bond donors (Lipinski definition) is 3. The molecule has 144 valence electrons. The molecule has 2 aromatic rings. The van der Waals surface area contributed by atoms with Crippen molar-refractivity contribution in [1.82, 2.24) is 20.3 Å². The summed E-state index contributed by atoms with van der Waals surface area (Å²) in [7, 11) is 0. The second-order valence-electron chi connectivity index (χ2n) is 8.31. The Morgan fingerprint density at radius 2 is 2.30 bits per heavy atom. The minimum atomic E-state index is 0.158. The van der Waals surface area contributed by atoms with Crippen molar-refractivity contribution in [1.29, 1.82) is 0 Å². The highest BCUT2D eigenvalue weighted by Crippen LogP contribution is 2.28. The van der Waals surface area contributed by atoms with Gasteiger partial charge in [-0.1, -0.05) is 17.3 Å². The quantitative estimate of drug-likeness (QED) is 0.663. The van der Waals surface area contributed by atoms with Crippen LogP contribution in [0.1, 0.15) is 26.7 Å². The number of nitrogens with one attached hydrogen (secondary N) is 2. The van der Waals surface area contributed by atoms with Crippen molar-refractivity contribution in [2.75, 3.05) is 18.8 Å². The summed E-state index contributed by atoms with van der Waals surface area (Å²) in [6.07, 6.45) is 4.23. The van der Waals surface area contributed by atoms with Gasteiger partial charge in [-0.25, -0.2) is 4.68 Å². The Morgan fingerprint density at radius 1 is 1.44 bits per heavy atom. The Labute approximate surface area is 159 Å². The van der Waals surface area contributed by atoms with E-state index in [-0.39, 0.29) is 17.9 Å². The van der Waals surface area contributed by atoms with Crippen LogP contribution < -0.4 is 16.0 Å². The van der Waals surface area contributed by atoms with E-state index >= 15 is 0 Å². The van der Waals surface area contributed by atoms with Crippen molar-refractivity contribution in [3.05, 3.63) is 30.5 Å². The van der Waals surface area contributed by atoms with Gasteiger partial charge in [0.1, 0.15) is 11.7 Å². The highest BCUT2D eigenvalue weighted by atomic mass is 16.2. The zero-order valence-corrected chi connectivity index (χ0v) is 16.1. The largest absolute Gasteiger partial charge is 0.399 e. The maximum atomic E-state index is 12.5. The first-order valence-electron chi connectivity index (χ1n) is 9.90. The Bertz CT molecular complexity index is 816. The molecule has 1 aromatic heterocycles. The lowest BCUT2D eigenvalue weighted by atomic mass is 9.75. The van der Waals surface area contributed by atoms with E-state index in [9.17, 15) is 4.79 Å². The summed E-state index contributed by atoms with van der Waals surface area (Å²) in [5.41, 5.74) is 8.44. The molecule has 1 aromatic carbocycles. The SMILES string of the molecule is CC(C)NC(=O)[C@H]1C[NH+]2CC[C@H]1C[C@@H]2Cn1cc(-c2cccc(N)c2)nn1. The van der Waals surface area contributed by atoms with E-state index in [1.807, 2.05) is 49.0 Å². The number of carbonyl (C=O) groups is 1. The lowest BCUT2D eigenvalue weighted by Crippen LogP contribution is -3.20. The predicted molar refractivity (Wildman–Crippen MR) is 104 cm³/mol. The minimum absolute atomic E-state index is 0.158. The smallest absolute Gasteiger partial charge is 0.229 e. The molecule has 4 atom stereocenters. The summed E-state index contributed by atoms with van der Waals surface area (Å²) < 4.78 is 1.94. The van der Waals surface area contributed by atoms with Crippen LogP contribution >= 0.6 is 0 Å². The zero-order valence-electron chi connectivity index (χ0n) is 16.1. The molecule has 3 aliphatic rings. The number of piperidine rings is 3. The number of carbonyl (C=O) groups excluding carboxylic acids is 1. The van der Waals surface area contributed by atoms with Crippen LogP contribution in [-0.2, 0) is 11.3 Å². The topological polar surface area (TPSA) is 90.3 Å². The predicted octanol–water partition coefficient (Wildman–Crippen LogP) is 0.345. The molecule has 7 nitrogen and oxygen atoms in total. The number of quaternary nitrogens is 1. The number of rotatable bonds is 5. The number of aromatic nitrogens is 3. The maximum Gasteiger partial charge on any atom is 0.229 e. The third kappa shape index (κ3) is 3.83. The van der Waals surface area contributed by atoms with Gasteiger partial charge in [0.05, 0.1) is 31.7 Å². The first-order chi connectivity index (χ1) is 13.0. The van der Waals surface area contributed by atoms with Crippen molar-refractivity contribution >= 4 is 11.6 Å². The van der Waals surface area contributed by atoms with Gasteiger partial charge in [-0.05, 0) is 31.9 Å². The molecule has 0 radical (unpaired) electrons. The van der Waals surface area contributed by atoms with Gasteiger partial charge in [-0.15, -0.1) is 5.10 Å². The van der Waals surface area contributed by atoms with Crippen LogP contribution in [0.4, 0.5) is 5.69 Å². The van der Waals surface area contributed by atoms with Gasteiger partial charge in [0, 0.05) is 30.1 Å². The van der Waals surface area contributed by atoms with E-state index in [4.69, 9.17) is 5.73 Å². The number of benzene rings is 1. The van der Waals surface area contributed by atoms with Crippen LogP contribution in [0, 0.1) is 11.8 Å². The molecule has 3 aliphatic heterocycles. The number of fused-ring (bicyclic) bond motifs is 3. The van der Waals surface area contributed by atoms with Crippen LogP contribution in [0.2, 0.25) is 0 Å². The molecule has 5 rings (SSSR count). The van der Waals surface area contributed by atoms with Crippen LogP contribution in [0.25, 0.3) is 11.3 Å². The molecule has 1 unspecified atom stereocenters. The molecule has 0 spiro atoms. The summed E-state index contributed by atoms with van der Waals surface area (Å²) in [5.74, 6) is 0.879. The van der Waals surface area contributed by atoms with E-state index in [1.54, 1.807) is 0 Å². The fourth-order valence-corrected chi connectivity index (χ4v) is 4.65. The van der Waals surface area contributed by atoms with Gasteiger partial charge < -0.3 is 16.0 Å². The van der Waals surface area contributed by atoms with Gasteiger partial charge in [0.15, 0.2) is 0 Å². The lowest BCUT2D eigenvalue weighted by molar-refractivity contribution is -0.945. The molecule has 0 aliphatic carbocycles. The number of anilines is 1. The Balaban J connectivity index is 1.41. The first kappa shape index (κ1) is 18.0. The van der Waals surface area contributed by atoms with Gasteiger partial charge in [0.2, 0.25) is 5.91 Å². The summed E-state index contributed by atoms with van der Waals surface area (Å²) >= 11 is 0. The van der Waals surface area contributed by atoms with Gasteiger partial charge in [0.25, 0.3) is 0 Å². The summed E-state index contributed by atoms with van der Waals surface area (Å²) in [6.45, 7) is 6.98. The highest BCUT2D eigenvalue weighted by Gasteiger charge is 2.46. The van der Waals surface area contributed by atoms with Crippen LogP contribution in [0.5, 0.6) is 0 Å². The van der Waals surface area contributed by atoms with E-state index < -0.39 is 0 Å². The lowest BCUT2D eigenvalue weighted by Gasteiger charge is -2.46. The van der Waals surface area contributed by atoms with Crippen molar-refractivity contribution in [3.63, 3.8) is 0 Å². The number of amides is 1. The van der Waals surface area contributed by atoms with Gasteiger partial charge >= 0.3 is 0 Å². The maximum absolute atomic E-state index is 12.5. The van der Waals surface area contributed by atoms with Crippen molar-refractivity contribution in [2.24, 2.45) is 11.8 Å². The fraction of sp³-hybridized carbons (Fsp3) is 0.550. The molecule has 3 saturated heterocycles. The molecule has 1 amide bonds. The molecular weight excluding hydrogens is 340 g/mol. The Hall–Kier alpha value is -2.41. The molecule has 2 bridgehead atoms. The van der Waals surface area contributed by atoms with Gasteiger partial charge in [-0.3, -0.25) is 4.79 Å². The molecular formula is C20H29N6O+. The minimum Gasteiger partial charge on any atom is -0.399 e. The van der Waals surface area contributed by atoms with Crippen molar-refractivity contribution < 1.29 is 9.69 Å². The zero-order chi connectivity index (χ0) is 19.0. The molecule has 27 heavy (non-hydrogen) atoms. The Kier molecular flexibility index (Phi) is 4.86. The van der Waals surface area contributed by atoms with Gasteiger partial charge in [-0.2, -0.15) is 0 Å². The third-order valence-corrected chi connectivity index (χ3v) is 5.95. The normalized spacial score (nSPS) is 27.1. The standard InChI is InChI=1S/C20H28N6O/c1-13(2)22-20(27)18-11-25-7-6-14(18)9-17(25)10-26-12-19(23-24-26)15-4-3-5-16(21)8-15/h3-5,8,12-14,17-18H,6-7,9-11,21H2,1-2H3,(H,22,27)/p+1/t14-,17+,18-/m0/s1. The van der Waals surface area contributed by atoms with E-state index in [0.717, 1.165) is 49.4 Å². The first-order valence-corrected chi connectivity index (χ1v) is 9.90. The van der Waals surface area contributed by atoms with Crippen molar-refractivity contribution in [2.45, 2.75) is 45.3 Å². The Morgan fingerprint density at radius 3 is 3.00 bits per heavy atom. The van der Waals surface area contributed by atoms with E-state index in [0.29, 0.717) is 12.0 Å². The number of nitrogens with two attached hydrogens (primary N) is 1. The fourth-order valence-electron chi connectivity index (χ4n) is 4.65. The summed E-state index contributed by atoms with van der Waals surface area (Å²) in [5, 5.41) is 11.7. The second kappa shape index (κ2) is 7.31. The molecule has 4 N–H and O–H groups in total. The van der Waals surface area contributed by atoms with Crippen LogP contribution in [0.15, 0.2) is 30.5 Å². The number of nitrogen functional groups attached to an aromatic ring is 1. The second-order valence-corrected chi connectivity index (χ2v) is 8.31. The summed E-state index contributed by atoms with van der Waals surface area (Å²) in [6, 6.07) is 8.43. The highest BCUT2D eigenvalue weighted by molar-refractivity contribution is 5.79. The monoisotopic (exact) mass is 369 g/mol. The summed E-state index contributed by atoms with van der Waals surface area (Å²) in [4.78, 5) is 14.0.